The first-order valence-electron chi connectivity index (χ1n) is 9.87. The number of nitrogens with one attached hydrogen (secondary N) is 1. The number of carbonyl (C=O) groups excluding carboxylic acids is 1. The molecule has 6 nitrogen and oxygen atoms in total. The highest BCUT2D eigenvalue weighted by atomic mass is 16.5. The number of anilines is 2. The summed E-state index contributed by atoms with van der Waals surface area (Å²) in [5, 5.41) is 11.7. The van der Waals surface area contributed by atoms with Crippen molar-refractivity contribution < 1.29 is 9.53 Å². The predicted octanol–water partition coefficient (Wildman–Crippen LogP) is 4.39. The van der Waals surface area contributed by atoms with E-state index in [0.29, 0.717) is 17.0 Å². The van der Waals surface area contributed by atoms with E-state index < -0.39 is 0 Å². The number of hydrogen-bond donors (Lipinski definition) is 1. The highest BCUT2D eigenvalue weighted by molar-refractivity contribution is 6.04. The van der Waals surface area contributed by atoms with Gasteiger partial charge < -0.3 is 15.0 Å². The monoisotopic (exact) mass is 388 g/mol. The van der Waals surface area contributed by atoms with Gasteiger partial charge in [0.1, 0.15) is 5.75 Å². The summed E-state index contributed by atoms with van der Waals surface area (Å²) in [4.78, 5) is 14.8. The molecular formula is C23H24N4O2. The molecule has 0 aliphatic carbocycles. The van der Waals surface area contributed by atoms with Gasteiger partial charge in [0.2, 0.25) is 0 Å². The number of ether oxygens (including phenoxy) is 1. The van der Waals surface area contributed by atoms with E-state index in [9.17, 15) is 4.79 Å². The van der Waals surface area contributed by atoms with Crippen molar-refractivity contribution >= 4 is 17.4 Å². The van der Waals surface area contributed by atoms with Gasteiger partial charge in [-0.3, -0.25) is 4.79 Å². The second-order valence-electron chi connectivity index (χ2n) is 7.09. The molecule has 6 heteroatoms. The van der Waals surface area contributed by atoms with E-state index in [0.717, 1.165) is 30.2 Å². The molecule has 2 heterocycles. The number of piperidine rings is 1. The molecule has 3 aromatic rings. The molecular weight excluding hydrogens is 364 g/mol. The van der Waals surface area contributed by atoms with Crippen LogP contribution in [0, 0.1) is 0 Å². The lowest BCUT2D eigenvalue weighted by Gasteiger charge is -2.27. The molecule has 0 bridgehead atoms. The number of methoxy groups -OCH3 is 1. The fraction of sp³-hybridized carbons (Fsp3) is 0.261. The van der Waals surface area contributed by atoms with Crippen molar-refractivity contribution in [1.29, 1.82) is 0 Å². The molecule has 148 valence electrons. The third kappa shape index (κ3) is 4.54. The van der Waals surface area contributed by atoms with Crippen LogP contribution in [0.1, 0.15) is 29.6 Å². The smallest absolute Gasteiger partial charge is 0.255 e. The number of rotatable bonds is 5. The van der Waals surface area contributed by atoms with E-state index >= 15 is 0 Å². The number of benzene rings is 2. The number of amides is 1. The molecule has 1 fully saturated rings. The predicted molar refractivity (Wildman–Crippen MR) is 114 cm³/mol. The van der Waals surface area contributed by atoms with Crippen molar-refractivity contribution in [3.63, 3.8) is 0 Å². The van der Waals surface area contributed by atoms with Crippen molar-refractivity contribution in [2.45, 2.75) is 19.3 Å². The lowest BCUT2D eigenvalue weighted by Crippen LogP contribution is -2.30. The summed E-state index contributed by atoms with van der Waals surface area (Å²) >= 11 is 0. The summed E-state index contributed by atoms with van der Waals surface area (Å²) in [5.41, 5.74) is 2.94. The summed E-state index contributed by atoms with van der Waals surface area (Å²) in [5.74, 6) is 1.39. The van der Waals surface area contributed by atoms with Gasteiger partial charge in [-0.05, 0) is 61.7 Å². The molecule has 29 heavy (non-hydrogen) atoms. The maximum absolute atomic E-state index is 12.5. The first kappa shape index (κ1) is 18.9. The Morgan fingerprint density at radius 1 is 0.966 bits per heavy atom. The average Bonchev–Trinajstić information content (AvgIpc) is 2.80. The van der Waals surface area contributed by atoms with Crippen LogP contribution in [0.25, 0.3) is 11.3 Å². The lowest BCUT2D eigenvalue weighted by molar-refractivity contribution is 0.102. The van der Waals surface area contributed by atoms with Gasteiger partial charge in [-0.1, -0.05) is 18.2 Å². The van der Waals surface area contributed by atoms with E-state index in [1.165, 1.54) is 19.3 Å². The van der Waals surface area contributed by atoms with Gasteiger partial charge in [0.25, 0.3) is 5.91 Å². The molecule has 0 radical (unpaired) electrons. The highest BCUT2D eigenvalue weighted by Gasteiger charge is 2.13. The maximum Gasteiger partial charge on any atom is 0.255 e. The molecule has 1 aliphatic rings. The molecule has 1 aliphatic heterocycles. The van der Waals surface area contributed by atoms with Crippen LogP contribution in [-0.2, 0) is 0 Å². The maximum atomic E-state index is 12.5. The zero-order valence-electron chi connectivity index (χ0n) is 16.5. The van der Waals surface area contributed by atoms with Crippen molar-refractivity contribution in [3.8, 4) is 17.0 Å². The molecule has 0 unspecified atom stereocenters. The normalized spacial score (nSPS) is 13.8. The molecule has 1 amide bonds. The fourth-order valence-corrected chi connectivity index (χ4v) is 3.49. The van der Waals surface area contributed by atoms with Crippen molar-refractivity contribution in [2.75, 3.05) is 30.4 Å². The topological polar surface area (TPSA) is 67.3 Å². The number of carbonyl (C=O) groups is 1. The van der Waals surface area contributed by atoms with Crippen molar-refractivity contribution in [2.24, 2.45) is 0 Å². The number of nitrogens with zero attached hydrogens (tertiary/aromatic N) is 3. The summed E-state index contributed by atoms with van der Waals surface area (Å²) in [6, 6.07) is 18.7. The molecule has 0 saturated carbocycles. The first-order valence-corrected chi connectivity index (χ1v) is 9.87. The van der Waals surface area contributed by atoms with Crippen LogP contribution < -0.4 is 15.0 Å². The van der Waals surface area contributed by atoms with Crippen LogP contribution in [0.2, 0.25) is 0 Å². The van der Waals surface area contributed by atoms with Crippen LogP contribution >= 0.6 is 0 Å². The summed E-state index contributed by atoms with van der Waals surface area (Å²) < 4.78 is 5.19. The number of hydrogen-bond acceptors (Lipinski definition) is 5. The Bertz CT molecular complexity index is 982. The highest BCUT2D eigenvalue weighted by Crippen LogP contribution is 2.24. The van der Waals surface area contributed by atoms with Gasteiger partial charge in [-0.25, -0.2) is 0 Å². The standard InChI is InChI=1S/C23H24N4O2/c1-29-20-10-6-8-18(16-20)23(28)24-19-9-5-7-17(15-19)21-11-12-22(26-25-21)27-13-3-2-4-14-27/h5-12,15-16H,2-4,13-14H2,1H3,(H,24,28). The summed E-state index contributed by atoms with van der Waals surface area (Å²) in [7, 11) is 1.58. The molecule has 4 rings (SSSR count). The Balaban J connectivity index is 1.48. The van der Waals surface area contributed by atoms with Gasteiger partial charge >= 0.3 is 0 Å². The Morgan fingerprint density at radius 3 is 2.55 bits per heavy atom. The Labute approximate surface area is 170 Å². The SMILES string of the molecule is COc1cccc(C(=O)Nc2cccc(-c3ccc(N4CCCCC4)nn3)c2)c1. The van der Waals surface area contributed by atoms with E-state index in [-0.39, 0.29) is 5.91 Å². The minimum absolute atomic E-state index is 0.187. The quantitative estimate of drug-likeness (QED) is 0.702. The second-order valence-corrected chi connectivity index (χ2v) is 7.09. The Hall–Kier alpha value is -3.41. The van der Waals surface area contributed by atoms with E-state index in [2.05, 4.69) is 20.4 Å². The minimum Gasteiger partial charge on any atom is -0.497 e. The molecule has 0 spiro atoms. The summed E-state index contributed by atoms with van der Waals surface area (Å²) in [6.45, 7) is 2.08. The molecule has 2 aromatic carbocycles. The van der Waals surface area contributed by atoms with Crippen LogP contribution in [0.4, 0.5) is 11.5 Å². The zero-order chi connectivity index (χ0) is 20.1. The Morgan fingerprint density at radius 2 is 1.79 bits per heavy atom. The van der Waals surface area contributed by atoms with E-state index in [4.69, 9.17) is 4.74 Å². The zero-order valence-corrected chi connectivity index (χ0v) is 16.5. The third-order valence-electron chi connectivity index (χ3n) is 5.08. The van der Waals surface area contributed by atoms with Gasteiger partial charge in [0, 0.05) is 29.9 Å². The largest absolute Gasteiger partial charge is 0.497 e. The number of aromatic nitrogens is 2. The van der Waals surface area contributed by atoms with Crippen molar-refractivity contribution in [1.82, 2.24) is 10.2 Å². The second kappa shape index (κ2) is 8.73. The average molecular weight is 388 g/mol. The minimum atomic E-state index is -0.187. The van der Waals surface area contributed by atoms with Gasteiger partial charge in [-0.15, -0.1) is 10.2 Å². The molecule has 1 saturated heterocycles. The Kier molecular flexibility index (Phi) is 5.70. The van der Waals surface area contributed by atoms with Gasteiger partial charge in [-0.2, -0.15) is 0 Å². The lowest BCUT2D eigenvalue weighted by atomic mass is 10.1. The van der Waals surface area contributed by atoms with Gasteiger partial charge in [0.15, 0.2) is 5.82 Å². The molecule has 1 N–H and O–H groups in total. The molecule has 1 aromatic heterocycles. The fourth-order valence-electron chi connectivity index (χ4n) is 3.49. The van der Waals surface area contributed by atoms with Crippen LogP contribution in [0.3, 0.4) is 0 Å². The third-order valence-corrected chi connectivity index (χ3v) is 5.08. The van der Waals surface area contributed by atoms with Crippen LogP contribution in [0.5, 0.6) is 5.75 Å². The summed E-state index contributed by atoms with van der Waals surface area (Å²) in [6.07, 6.45) is 3.70. The van der Waals surface area contributed by atoms with Gasteiger partial charge in [0.05, 0.1) is 12.8 Å². The van der Waals surface area contributed by atoms with Crippen LogP contribution in [0.15, 0.2) is 60.7 Å². The van der Waals surface area contributed by atoms with Crippen molar-refractivity contribution in [3.05, 3.63) is 66.2 Å². The van der Waals surface area contributed by atoms with E-state index in [1.54, 1.807) is 25.3 Å². The molecule has 0 atom stereocenters. The first-order chi connectivity index (χ1) is 14.2. The van der Waals surface area contributed by atoms with Crippen LogP contribution in [-0.4, -0.2) is 36.3 Å². The van der Waals surface area contributed by atoms with E-state index in [1.807, 2.05) is 42.5 Å².